The molecule has 1 unspecified atom stereocenters. The van der Waals surface area contributed by atoms with Crippen LogP contribution in [0.1, 0.15) is 27.7 Å². The Labute approximate surface area is 110 Å². The molecule has 0 rings (SSSR count). The molecule has 0 aliphatic rings. The van der Waals surface area contributed by atoms with Crippen LogP contribution < -0.4 is 0 Å². The van der Waals surface area contributed by atoms with Gasteiger partial charge in [0.05, 0.1) is 0 Å². The third kappa shape index (κ3) is 6.27. The highest BCUT2D eigenvalue weighted by molar-refractivity contribution is 5.25. The van der Waals surface area contributed by atoms with Crippen molar-refractivity contribution in [2.45, 2.75) is 33.4 Å². The maximum Gasteiger partial charge on any atom is 0.159 e. The van der Waals surface area contributed by atoms with Gasteiger partial charge in [0.1, 0.15) is 12.4 Å². The van der Waals surface area contributed by atoms with Crippen LogP contribution in [0.5, 0.6) is 0 Å². The van der Waals surface area contributed by atoms with Crippen molar-refractivity contribution in [1.82, 2.24) is 0 Å². The largest absolute Gasteiger partial charge is 0.490 e. The Morgan fingerprint density at radius 1 is 1.44 bits per heavy atom. The number of allylic oxidation sites excluding steroid dienone is 4. The third-order valence-electron chi connectivity index (χ3n) is 2.48. The Balaban J connectivity index is 4.61. The zero-order chi connectivity index (χ0) is 14.2. The summed E-state index contributed by atoms with van der Waals surface area (Å²) < 4.78 is 19.0. The number of ether oxygens (including phenoxy) is 1. The van der Waals surface area contributed by atoms with Crippen molar-refractivity contribution in [3.05, 3.63) is 54.5 Å². The first-order chi connectivity index (χ1) is 8.36. The highest BCUT2D eigenvalue weighted by Crippen LogP contribution is 2.15. The molecule has 18 heavy (non-hydrogen) atoms. The van der Waals surface area contributed by atoms with E-state index in [0.717, 1.165) is 5.57 Å². The summed E-state index contributed by atoms with van der Waals surface area (Å²) in [6, 6.07) is 0. The van der Waals surface area contributed by atoms with Crippen molar-refractivity contribution >= 4 is 0 Å². The van der Waals surface area contributed by atoms with E-state index in [9.17, 15) is 4.39 Å². The zero-order valence-electron chi connectivity index (χ0n) is 11.8. The normalized spacial score (nSPS) is 15.3. The maximum absolute atomic E-state index is 13.6. The minimum atomic E-state index is -1.52. The summed E-state index contributed by atoms with van der Waals surface area (Å²) in [5.41, 5.74) is 2.35. The van der Waals surface area contributed by atoms with Gasteiger partial charge in [-0.2, -0.15) is 0 Å². The predicted octanol–water partition coefficient (Wildman–Crippen LogP) is 4.74. The molecule has 1 atom stereocenters. The van der Waals surface area contributed by atoms with Gasteiger partial charge in [-0.3, -0.25) is 0 Å². The van der Waals surface area contributed by atoms with Gasteiger partial charge in [-0.05, 0) is 43.6 Å². The van der Waals surface area contributed by atoms with Crippen LogP contribution >= 0.6 is 0 Å². The van der Waals surface area contributed by atoms with Gasteiger partial charge < -0.3 is 4.74 Å². The van der Waals surface area contributed by atoms with Crippen LogP contribution in [-0.2, 0) is 4.74 Å². The number of rotatable bonds is 7. The van der Waals surface area contributed by atoms with Crippen molar-refractivity contribution < 1.29 is 9.13 Å². The van der Waals surface area contributed by atoms with Crippen molar-refractivity contribution in [2.75, 3.05) is 6.61 Å². The number of hydrogen-bond donors (Lipinski definition) is 0. The Bertz CT molecular complexity index is 380. The SMILES string of the molecule is C=C=C(C=CC(=CC)OCC(C)(F)C=C)C(C)C. The molecule has 0 aromatic heterocycles. The molecule has 2 heteroatoms. The van der Waals surface area contributed by atoms with Gasteiger partial charge in [-0.15, -0.1) is 5.73 Å². The van der Waals surface area contributed by atoms with Crippen LogP contribution in [0.25, 0.3) is 0 Å². The molecule has 0 spiro atoms. The topological polar surface area (TPSA) is 9.23 Å². The number of alkyl halides is 1. The lowest BCUT2D eigenvalue weighted by molar-refractivity contribution is 0.102. The summed E-state index contributed by atoms with van der Waals surface area (Å²) >= 11 is 0. The fourth-order valence-electron chi connectivity index (χ4n) is 1.14. The van der Waals surface area contributed by atoms with Crippen LogP contribution in [0.3, 0.4) is 0 Å². The molecular formula is C16H23FO. The van der Waals surface area contributed by atoms with Gasteiger partial charge in [0.25, 0.3) is 0 Å². The molecule has 0 fully saturated rings. The molecule has 0 aliphatic heterocycles. The molecule has 0 aromatic rings. The van der Waals surface area contributed by atoms with E-state index >= 15 is 0 Å². The molecule has 0 saturated heterocycles. The lowest BCUT2D eigenvalue weighted by atomic mass is 10.0. The summed E-state index contributed by atoms with van der Waals surface area (Å²) in [4.78, 5) is 0. The summed E-state index contributed by atoms with van der Waals surface area (Å²) in [5, 5.41) is 0. The van der Waals surface area contributed by atoms with E-state index in [1.807, 2.05) is 13.0 Å². The lowest BCUT2D eigenvalue weighted by Crippen LogP contribution is -2.21. The summed E-state index contributed by atoms with van der Waals surface area (Å²) in [6.07, 6.45) is 6.72. The highest BCUT2D eigenvalue weighted by Gasteiger charge is 2.19. The summed E-state index contributed by atoms with van der Waals surface area (Å²) in [7, 11) is 0. The Morgan fingerprint density at radius 3 is 2.44 bits per heavy atom. The quantitative estimate of drug-likeness (QED) is 0.274. The first kappa shape index (κ1) is 16.5. The molecule has 0 bridgehead atoms. The third-order valence-corrected chi connectivity index (χ3v) is 2.48. The molecule has 0 radical (unpaired) electrons. The number of hydrogen-bond acceptors (Lipinski definition) is 1. The molecule has 0 heterocycles. The monoisotopic (exact) mass is 250 g/mol. The Hall–Kier alpha value is -1.53. The van der Waals surface area contributed by atoms with Crippen molar-refractivity contribution in [3.63, 3.8) is 0 Å². The maximum atomic E-state index is 13.6. The standard InChI is InChI=1S/C16H23FO/c1-7-14(13(4)5)10-11-15(8-2)18-12-16(6,17)9-3/h8-11,13H,1,3,12H2,2,4-6H3. The Kier molecular flexibility index (Phi) is 7.07. The minimum Gasteiger partial charge on any atom is -0.490 e. The molecule has 0 amide bonds. The summed E-state index contributed by atoms with van der Waals surface area (Å²) in [5.74, 6) is 0.964. The van der Waals surface area contributed by atoms with E-state index < -0.39 is 5.67 Å². The molecule has 0 aliphatic carbocycles. The van der Waals surface area contributed by atoms with Crippen molar-refractivity contribution in [1.29, 1.82) is 0 Å². The second-order valence-corrected chi connectivity index (χ2v) is 4.58. The van der Waals surface area contributed by atoms with Crippen LogP contribution in [0.2, 0.25) is 0 Å². The van der Waals surface area contributed by atoms with E-state index in [4.69, 9.17) is 4.74 Å². The molecule has 0 aromatic carbocycles. The molecule has 100 valence electrons. The fourth-order valence-corrected chi connectivity index (χ4v) is 1.14. The van der Waals surface area contributed by atoms with E-state index in [1.54, 1.807) is 12.2 Å². The lowest BCUT2D eigenvalue weighted by Gasteiger charge is -2.16. The van der Waals surface area contributed by atoms with Crippen molar-refractivity contribution in [2.24, 2.45) is 5.92 Å². The fraction of sp³-hybridized carbons (Fsp3) is 0.438. The van der Waals surface area contributed by atoms with Gasteiger partial charge in [-0.25, -0.2) is 4.39 Å². The zero-order valence-corrected chi connectivity index (χ0v) is 11.8. The van der Waals surface area contributed by atoms with E-state index in [0.29, 0.717) is 11.7 Å². The second kappa shape index (κ2) is 7.73. The highest BCUT2D eigenvalue weighted by atomic mass is 19.1. The van der Waals surface area contributed by atoms with Gasteiger partial charge in [0.15, 0.2) is 5.67 Å². The predicted molar refractivity (Wildman–Crippen MR) is 76.1 cm³/mol. The van der Waals surface area contributed by atoms with Gasteiger partial charge in [0, 0.05) is 0 Å². The van der Waals surface area contributed by atoms with Crippen LogP contribution in [0.4, 0.5) is 4.39 Å². The number of halogens is 1. The first-order valence-corrected chi connectivity index (χ1v) is 6.06. The van der Waals surface area contributed by atoms with Crippen LogP contribution in [0.15, 0.2) is 54.5 Å². The van der Waals surface area contributed by atoms with Crippen LogP contribution in [0, 0.1) is 5.92 Å². The van der Waals surface area contributed by atoms with Gasteiger partial charge >= 0.3 is 0 Å². The van der Waals surface area contributed by atoms with E-state index in [2.05, 4.69) is 32.7 Å². The van der Waals surface area contributed by atoms with Gasteiger partial charge in [-0.1, -0.05) is 33.1 Å². The average Bonchev–Trinajstić information content (AvgIpc) is 2.33. The molecule has 1 nitrogen and oxygen atoms in total. The second-order valence-electron chi connectivity index (χ2n) is 4.58. The van der Waals surface area contributed by atoms with Crippen molar-refractivity contribution in [3.8, 4) is 0 Å². The minimum absolute atomic E-state index is 0.0463. The average molecular weight is 250 g/mol. The smallest absolute Gasteiger partial charge is 0.159 e. The summed E-state index contributed by atoms with van der Waals surface area (Å²) in [6.45, 7) is 14.4. The van der Waals surface area contributed by atoms with E-state index in [1.165, 1.54) is 13.0 Å². The Morgan fingerprint density at radius 2 is 2.06 bits per heavy atom. The molecule has 0 N–H and O–H groups in total. The van der Waals surface area contributed by atoms with E-state index in [-0.39, 0.29) is 6.61 Å². The molecular weight excluding hydrogens is 227 g/mol. The van der Waals surface area contributed by atoms with Gasteiger partial charge in [0.2, 0.25) is 0 Å². The van der Waals surface area contributed by atoms with Crippen LogP contribution in [-0.4, -0.2) is 12.3 Å². The first-order valence-electron chi connectivity index (χ1n) is 6.06. The molecule has 0 saturated carbocycles.